The van der Waals surface area contributed by atoms with Gasteiger partial charge >= 0.3 is 0 Å². The average molecular weight is 226 g/mol. The molecule has 6 nitrogen and oxygen atoms in total. The van der Waals surface area contributed by atoms with Gasteiger partial charge in [-0.15, -0.1) is 0 Å². The molecule has 6 heteroatoms. The predicted molar refractivity (Wildman–Crippen MR) is 59.6 cm³/mol. The molecule has 0 aromatic carbocycles. The summed E-state index contributed by atoms with van der Waals surface area (Å²) in [6, 6.07) is 0. The first-order valence-corrected chi connectivity index (χ1v) is 5.29. The lowest BCUT2D eigenvalue weighted by Crippen LogP contribution is -2.20. The summed E-state index contributed by atoms with van der Waals surface area (Å²) in [7, 11) is 0. The topological polar surface area (TPSA) is 90.3 Å². The Morgan fingerprint density at radius 1 is 0.875 bits per heavy atom. The van der Waals surface area contributed by atoms with Gasteiger partial charge < -0.3 is 20.8 Å². The Bertz CT molecular complexity index is 250. The molecule has 1 aromatic rings. The maximum Gasteiger partial charge on any atom is 0.0724 e. The van der Waals surface area contributed by atoms with E-state index < -0.39 is 0 Å². The third-order valence-electron chi connectivity index (χ3n) is 1.95. The molecule has 0 unspecified atom stereocenters. The molecule has 0 aliphatic heterocycles. The smallest absolute Gasteiger partial charge is 0.0724 e. The monoisotopic (exact) mass is 226 g/mol. The first-order valence-electron chi connectivity index (χ1n) is 5.29. The Labute approximate surface area is 94.7 Å². The standard InChI is InChI=1S/C10H18N4O2/c15-3-1-11-5-9-7-14-10(8-13-9)6-12-2-4-16/h7-8,11-12,15-16H,1-6H2. The molecule has 16 heavy (non-hydrogen) atoms. The molecule has 1 aromatic heterocycles. The molecule has 4 N–H and O–H groups in total. The number of aromatic nitrogens is 2. The van der Waals surface area contributed by atoms with E-state index in [-0.39, 0.29) is 13.2 Å². The van der Waals surface area contributed by atoms with Gasteiger partial charge in [0.25, 0.3) is 0 Å². The molecule has 0 aliphatic rings. The molecule has 0 spiro atoms. The van der Waals surface area contributed by atoms with E-state index in [2.05, 4.69) is 20.6 Å². The average Bonchev–Trinajstić information content (AvgIpc) is 2.32. The van der Waals surface area contributed by atoms with Crippen molar-refractivity contribution in [2.75, 3.05) is 26.3 Å². The third-order valence-corrected chi connectivity index (χ3v) is 1.95. The van der Waals surface area contributed by atoms with Gasteiger partial charge in [0, 0.05) is 26.2 Å². The maximum absolute atomic E-state index is 8.58. The molecular formula is C10H18N4O2. The van der Waals surface area contributed by atoms with E-state index in [0.717, 1.165) is 11.4 Å². The van der Waals surface area contributed by atoms with Crippen LogP contribution in [0.15, 0.2) is 12.4 Å². The molecular weight excluding hydrogens is 208 g/mol. The lowest BCUT2D eigenvalue weighted by molar-refractivity contribution is 0.291. The van der Waals surface area contributed by atoms with Crippen LogP contribution in [0.3, 0.4) is 0 Å². The van der Waals surface area contributed by atoms with Crippen molar-refractivity contribution < 1.29 is 10.2 Å². The van der Waals surface area contributed by atoms with Gasteiger partial charge in [-0.1, -0.05) is 0 Å². The van der Waals surface area contributed by atoms with E-state index in [1.54, 1.807) is 12.4 Å². The summed E-state index contributed by atoms with van der Waals surface area (Å²) < 4.78 is 0. The molecule has 1 heterocycles. The zero-order valence-corrected chi connectivity index (χ0v) is 9.19. The quantitative estimate of drug-likeness (QED) is 0.409. The SMILES string of the molecule is OCCNCc1cnc(CNCCO)cn1. The number of rotatable bonds is 8. The van der Waals surface area contributed by atoms with Gasteiger partial charge in [-0.25, -0.2) is 0 Å². The van der Waals surface area contributed by atoms with Gasteiger partial charge in [-0.05, 0) is 0 Å². The third kappa shape index (κ3) is 5.13. The van der Waals surface area contributed by atoms with Crippen molar-refractivity contribution in [2.24, 2.45) is 0 Å². The second-order valence-corrected chi connectivity index (χ2v) is 3.30. The molecule has 1 rings (SSSR count). The summed E-state index contributed by atoms with van der Waals surface area (Å²) >= 11 is 0. The molecule has 0 bridgehead atoms. The highest BCUT2D eigenvalue weighted by Gasteiger charge is 1.97. The minimum absolute atomic E-state index is 0.122. The summed E-state index contributed by atoms with van der Waals surface area (Å²) in [5.41, 5.74) is 1.69. The fourth-order valence-electron chi connectivity index (χ4n) is 1.16. The maximum atomic E-state index is 8.58. The van der Waals surface area contributed by atoms with Crippen LogP contribution in [0.2, 0.25) is 0 Å². The number of hydrogen-bond acceptors (Lipinski definition) is 6. The van der Waals surface area contributed by atoms with Crippen LogP contribution in [0.1, 0.15) is 11.4 Å². The predicted octanol–water partition coefficient (Wildman–Crippen LogP) is -1.36. The molecule has 90 valence electrons. The Morgan fingerprint density at radius 3 is 1.62 bits per heavy atom. The van der Waals surface area contributed by atoms with Crippen LogP contribution >= 0.6 is 0 Å². The van der Waals surface area contributed by atoms with Crippen molar-refractivity contribution in [1.82, 2.24) is 20.6 Å². The van der Waals surface area contributed by atoms with Crippen LogP contribution in [0.4, 0.5) is 0 Å². The van der Waals surface area contributed by atoms with Crippen LogP contribution in [-0.4, -0.2) is 46.5 Å². The van der Waals surface area contributed by atoms with E-state index in [1.807, 2.05) is 0 Å². The largest absolute Gasteiger partial charge is 0.395 e. The zero-order valence-electron chi connectivity index (χ0n) is 9.19. The van der Waals surface area contributed by atoms with Crippen molar-refractivity contribution in [2.45, 2.75) is 13.1 Å². The van der Waals surface area contributed by atoms with Crippen molar-refractivity contribution in [1.29, 1.82) is 0 Å². The van der Waals surface area contributed by atoms with Gasteiger partial charge in [0.1, 0.15) is 0 Å². The van der Waals surface area contributed by atoms with Crippen molar-refractivity contribution in [3.05, 3.63) is 23.8 Å². The summed E-state index contributed by atoms with van der Waals surface area (Å²) in [5, 5.41) is 23.2. The first kappa shape index (κ1) is 13.0. The molecule has 0 amide bonds. The lowest BCUT2D eigenvalue weighted by Gasteiger charge is -2.04. The van der Waals surface area contributed by atoms with Gasteiger partial charge in [0.15, 0.2) is 0 Å². The fraction of sp³-hybridized carbons (Fsp3) is 0.600. The van der Waals surface area contributed by atoms with E-state index >= 15 is 0 Å². The highest BCUT2D eigenvalue weighted by molar-refractivity contribution is 5.02. The molecule has 0 fully saturated rings. The van der Waals surface area contributed by atoms with Crippen molar-refractivity contribution in [3.63, 3.8) is 0 Å². The highest BCUT2D eigenvalue weighted by atomic mass is 16.3. The van der Waals surface area contributed by atoms with Gasteiger partial charge in [0.2, 0.25) is 0 Å². The molecule has 0 saturated carbocycles. The summed E-state index contributed by atoms with van der Waals surface area (Å²) in [6.07, 6.45) is 3.42. The molecule has 0 atom stereocenters. The van der Waals surface area contributed by atoms with E-state index in [9.17, 15) is 0 Å². The second kappa shape index (κ2) is 8.12. The van der Waals surface area contributed by atoms with Gasteiger partial charge in [0.05, 0.1) is 37.0 Å². The Hall–Kier alpha value is -1.08. The minimum atomic E-state index is 0.122. The highest BCUT2D eigenvalue weighted by Crippen LogP contribution is 1.94. The van der Waals surface area contributed by atoms with E-state index in [4.69, 9.17) is 10.2 Å². The second-order valence-electron chi connectivity index (χ2n) is 3.30. The van der Waals surface area contributed by atoms with Crippen LogP contribution < -0.4 is 10.6 Å². The summed E-state index contributed by atoms with van der Waals surface area (Å²) in [6.45, 7) is 2.58. The Morgan fingerprint density at radius 2 is 1.31 bits per heavy atom. The van der Waals surface area contributed by atoms with Gasteiger partial charge in [-0.3, -0.25) is 9.97 Å². The van der Waals surface area contributed by atoms with Crippen molar-refractivity contribution in [3.8, 4) is 0 Å². The fourth-order valence-corrected chi connectivity index (χ4v) is 1.16. The molecule has 0 saturated heterocycles. The number of aliphatic hydroxyl groups excluding tert-OH is 2. The minimum Gasteiger partial charge on any atom is -0.395 e. The Balaban J connectivity index is 2.30. The zero-order chi connectivity index (χ0) is 11.6. The number of nitrogens with one attached hydrogen (secondary N) is 2. The van der Waals surface area contributed by atoms with Gasteiger partial charge in [-0.2, -0.15) is 0 Å². The summed E-state index contributed by atoms with van der Waals surface area (Å²) in [5.74, 6) is 0. The lowest BCUT2D eigenvalue weighted by atomic mass is 10.4. The van der Waals surface area contributed by atoms with Crippen molar-refractivity contribution >= 4 is 0 Å². The van der Waals surface area contributed by atoms with Crippen LogP contribution in [0.25, 0.3) is 0 Å². The van der Waals surface area contributed by atoms with E-state index in [0.29, 0.717) is 26.2 Å². The van der Waals surface area contributed by atoms with Crippen LogP contribution in [0, 0.1) is 0 Å². The van der Waals surface area contributed by atoms with E-state index in [1.165, 1.54) is 0 Å². The molecule has 0 aliphatic carbocycles. The molecule has 0 radical (unpaired) electrons. The number of aliphatic hydroxyl groups is 2. The number of nitrogens with zero attached hydrogens (tertiary/aromatic N) is 2. The Kier molecular flexibility index (Phi) is 6.59. The van der Waals surface area contributed by atoms with Crippen LogP contribution in [-0.2, 0) is 13.1 Å². The number of hydrogen-bond donors (Lipinski definition) is 4. The van der Waals surface area contributed by atoms with Crippen LogP contribution in [0.5, 0.6) is 0 Å². The first-order chi connectivity index (χ1) is 7.86. The normalized spacial score (nSPS) is 10.6. The summed E-state index contributed by atoms with van der Waals surface area (Å²) in [4.78, 5) is 8.44.